The summed E-state index contributed by atoms with van der Waals surface area (Å²) >= 11 is 0. The van der Waals surface area contributed by atoms with Crippen molar-refractivity contribution >= 4 is 22.5 Å². The zero-order chi connectivity index (χ0) is 16.6. The van der Waals surface area contributed by atoms with Gasteiger partial charge in [0.1, 0.15) is 0 Å². The number of aromatic nitrogens is 1. The van der Waals surface area contributed by atoms with Crippen molar-refractivity contribution in [2.45, 2.75) is 39.2 Å². The first-order valence-electron chi connectivity index (χ1n) is 8.03. The van der Waals surface area contributed by atoms with Gasteiger partial charge >= 0.3 is 0 Å². The molecule has 3 rings (SSSR count). The van der Waals surface area contributed by atoms with Crippen LogP contribution in [0.4, 0.5) is 5.69 Å². The third-order valence-corrected chi connectivity index (χ3v) is 5.14. The van der Waals surface area contributed by atoms with E-state index in [1.54, 1.807) is 12.3 Å². The van der Waals surface area contributed by atoms with E-state index in [2.05, 4.69) is 24.1 Å². The number of nitrogens with zero attached hydrogens (tertiary/aromatic N) is 1. The van der Waals surface area contributed by atoms with Gasteiger partial charge in [0.05, 0.1) is 10.5 Å². The topological polar surface area (TPSA) is 88.0 Å². The number of aromatic amines is 1. The number of hydrogen-bond acceptors (Lipinski definition) is 3. The zero-order valence-electron chi connectivity index (χ0n) is 13.3. The molecule has 1 aliphatic carbocycles. The molecule has 0 aliphatic heterocycles. The van der Waals surface area contributed by atoms with E-state index in [1.165, 1.54) is 18.6 Å². The molecule has 1 fully saturated rings. The number of rotatable bonds is 3. The lowest BCUT2D eigenvalue weighted by Gasteiger charge is -2.34. The lowest BCUT2D eigenvalue weighted by molar-refractivity contribution is -0.384. The standard InChI is InChI=1S/C17H21N3O3/c1-10-4-3-5-15(11(10)2)19-17(21)14-9-18-16-7-6-12(20(22)23)8-13(14)16/h6-11,15,18H,3-5H2,1-2H3,(H,19,21). The summed E-state index contributed by atoms with van der Waals surface area (Å²) in [7, 11) is 0. The molecule has 0 saturated heterocycles. The van der Waals surface area contributed by atoms with Gasteiger partial charge in [-0.2, -0.15) is 0 Å². The maximum atomic E-state index is 12.6. The molecule has 1 aromatic carbocycles. The summed E-state index contributed by atoms with van der Waals surface area (Å²) in [5.41, 5.74) is 1.19. The molecule has 1 amide bonds. The molecule has 2 aromatic rings. The molecular formula is C17H21N3O3. The molecule has 1 aromatic heterocycles. The fourth-order valence-electron chi connectivity index (χ4n) is 3.44. The molecule has 122 valence electrons. The van der Waals surface area contributed by atoms with E-state index in [-0.39, 0.29) is 17.6 Å². The Hall–Kier alpha value is -2.37. The van der Waals surface area contributed by atoms with Gasteiger partial charge in [-0.15, -0.1) is 0 Å². The van der Waals surface area contributed by atoms with Gasteiger partial charge in [-0.1, -0.05) is 26.7 Å². The van der Waals surface area contributed by atoms with Crippen molar-refractivity contribution in [3.05, 3.63) is 40.1 Å². The molecular weight excluding hydrogens is 294 g/mol. The Labute approximate surface area is 134 Å². The molecule has 1 aliphatic rings. The summed E-state index contributed by atoms with van der Waals surface area (Å²) in [6.45, 7) is 4.40. The molecule has 0 bridgehead atoms. The van der Waals surface area contributed by atoms with Crippen LogP contribution >= 0.6 is 0 Å². The summed E-state index contributed by atoms with van der Waals surface area (Å²) < 4.78 is 0. The van der Waals surface area contributed by atoms with E-state index in [1.807, 2.05) is 0 Å². The van der Waals surface area contributed by atoms with Crippen molar-refractivity contribution in [2.75, 3.05) is 0 Å². The van der Waals surface area contributed by atoms with Gasteiger partial charge in [0.15, 0.2) is 0 Å². The van der Waals surface area contributed by atoms with Crippen LogP contribution in [0.5, 0.6) is 0 Å². The van der Waals surface area contributed by atoms with E-state index in [0.717, 1.165) is 18.4 Å². The van der Waals surface area contributed by atoms with Crippen molar-refractivity contribution < 1.29 is 9.72 Å². The lowest BCUT2D eigenvalue weighted by Crippen LogP contribution is -2.43. The van der Waals surface area contributed by atoms with Crippen molar-refractivity contribution in [2.24, 2.45) is 11.8 Å². The van der Waals surface area contributed by atoms with Crippen LogP contribution in [0.25, 0.3) is 10.9 Å². The molecule has 2 N–H and O–H groups in total. The highest BCUT2D eigenvalue weighted by Crippen LogP contribution is 2.30. The van der Waals surface area contributed by atoms with Crippen LogP contribution in [0.2, 0.25) is 0 Å². The largest absolute Gasteiger partial charge is 0.360 e. The van der Waals surface area contributed by atoms with E-state index in [4.69, 9.17) is 0 Å². The maximum absolute atomic E-state index is 12.6. The third kappa shape index (κ3) is 2.93. The molecule has 3 atom stereocenters. The Balaban J connectivity index is 1.86. The predicted octanol–water partition coefficient (Wildman–Crippen LogP) is 3.63. The van der Waals surface area contributed by atoms with Gasteiger partial charge in [-0.05, 0) is 24.3 Å². The number of benzene rings is 1. The second kappa shape index (κ2) is 6.02. The summed E-state index contributed by atoms with van der Waals surface area (Å²) in [5.74, 6) is 0.869. The number of carbonyl (C=O) groups excluding carboxylic acids is 1. The number of carbonyl (C=O) groups is 1. The van der Waals surface area contributed by atoms with E-state index >= 15 is 0 Å². The Morgan fingerprint density at radius 2 is 2.13 bits per heavy atom. The van der Waals surface area contributed by atoms with E-state index < -0.39 is 4.92 Å². The number of nitro benzene ring substituents is 1. The quantitative estimate of drug-likeness (QED) is 0.669. The second-order valence-corrected chi connectivity index (χ2v) is 6.54. The molecule has 0 spiro atoms. The van der Waals surface area contributed by atoms with Crippen LogP contribution in [0.3, 0.4) is 0 Å². The summed E-state index contributed by atoms with van der Waals surface area (Å²) in [4.78, 5) is 26.1. The highest BCUT2D eigenvalue weighted by Gasteiger charge is 2.29. The fraction of sp³-hybridized carbons (Fsp3) is 0.471. The van der Waals surface area contributed by atoms with Crippen molar-refractivity contribution in [3.63, 3.8) is 0 Å². The summed E-state index contributed by atoms with van der Waals surface area (Å²) in [6, 6.07) is 4.68. The Bertz CT molecular complexity index is 753. The number of hydrogen-bond donors (Lipinski definition) is 2. The van der Waals surface area contributed by atoms with Crippen molar-refractivity contribution in [1.29, 1.82) is 0 Å². The van der Waals surface area contributed by atoms with Crippen molar-refractivity contribution in [3.8, 4) is 0 Å². The highest BCUT2D eigenvalue weighted by atomic mass is 16.6. The minimum Gasteiger partial charge on any atom is -0.360 e. The average molecular weight is 315 g/mol. The minimum absolute atomic E-state index is 0.00851. The van der Waals surface area contributed by atoms with Crippen LogP contribution in [0.1, 0.15) is 43.5 Å². The van der Waals surface area contributed by atoms with Crippen LogP contribution in [0, 0.1) is 22.0 Å². The summed E-state index contributed by atoms with van der Waals surface area (Å²) in [5, 5.41) is 14.6. The lowest BCUT2D eigenvalue weighted by atomic mass is 9.78. The first-order valence-corrected chi connectivity index (χ1v) is 8.03. The molecule has 0 radical (unpaired) electrons. The van der Waals surface area contributed by atoms with Gasteiger partial charge in [0, 0.05) is 35.3 Å². The molecule has 23 heavy (non-hydrogen) atoms. The normalized spacial score (nSPS) is 24.5. The van der Waals surface area contributed by atoms with Gasteiger partial charge in [-0.3, -0.25) is 14.9 Å². The van der Waals surface area contributed by atoms with Crippen LogP contribution in [0.15, 0.2) is 24.4 Å². The second-order valence-electron chi connectivity index (χ2n) is 6.54. The maximum Gasteiger partial charge on any atom is 0.270 e. The van der Waals surface area contributed by atoms with Gasteiger partial charge in [0.25, 0.3) is 11.6 Å². The van der Waals surface area contributed by atoms with Crippen LogP contribution < -0.4 is 5.32 Å². The van der Waals surface area contributed by atoms with E-state index in [9.17, 15) is 14.9 Å². The SMILES string of the molecule is CC1CCCC(NC(=O)c2c[nH]c3ccc([N+](=O)[O-])cc23)C1C. The predicted molar refractivity (Wildman–Crippen MR) is 88.4 cm³/mol. The Morgan fingerprint density at radius 3 is 2.87 bits per heavy atom. The van der Waals surface area contributed by atoms with Gasteiger partial charge in [0.2, 0.25) is 0 Å². The Morgan fingerprint density at radius 1 is 1.35 bits per heavy atom. The van der Waals surface area contributed by atoms with E-state index in [0.29, 0.717) is 22.8 Å². The molecule has 3 unspecified atom stereocenters. The van der Waals surface area contributed by atoms with Crippen LogP contribution in [-0.4, -0.2) is 21.9 Å². The van der Waals surface area contributed by atoms with Gasteiger partial charge < -0.3 is 10.3 Å². The van der Waals surface area contributed by atoms with Gasteiger partial charge in [-0.25, -0.2) is 0 Å². The number of nitro groups is 1. The number of nitrogens with one attached hydrogen (secondary N) is 2. The first-order chi connectivity index (χ1) is 11.0. The monoisotopic (exact) mass is 315 g/mol. The summed E-state index contributed by atoms with van der Waals surface area (Å²) in [6.07, 6.45) is 4.93. The zero-order valence-corrected chi connectivity index (χ0v) is 13.3. The first kappa shape index (κ1) is 15.5. The average Bonchev–Trinajstić information content (AvgIpc) is 2.94. The smallest absolute Gasteiger partial charge is 0.270 e. The fourth-order valence-corrected chi connectivity index (χ4v) is 3.44. The van der Waals surface area contributed by atoms with Crippen LogP contribution in [-0.2, 0) is 0 Å². The number of amides is 1. The molecule has 1 saturated carbocycles. The molecule has 1 heterocycles. The molecule has 6 heteroatoms. The minimum atomic E-state index is -0.445. The van der Waals surface area contributed by atoms with Crippen molar-refractivity contribution in [1.82, 2.24) is 10.3 Å². The number of non-ortho nitro benzene ring substituents is 1. The number of H-pyrrole nitrogens is 1. The Kier molecular flexibility index (Phi) is 4.07. The highest BCUT2D eigenvalue weighted by molar-refractivity contribution is 6.07. The number of fused-ring (bicyclic) bond motifs is 1. The molecule has 6 nitrogen and oxygen atoms in total. The third-order valence-electron chi connectivity index (χ3n) is 5.14.